The van der Waals surface area contributed by atoms with Crippen molar-refractivity contribution in [3.8, 4) is 0 Å². The van der Waals surface area contributed by atoms with Crippen molar-refractivity contribution in [3.05, 3.63) is 35.9 Å². The third kappa shape index (κ3) is 2.13. The van der Waals surface area contributed by atoms with Gasteiger partial charge in [-0.05, 0) is 30.4 Å². The van der Waals surface area contributed by atoms with E-state index in [2.05, 4.69) is 21.6 Å². The molecule has 1 fully saturated rings. The number of pyridine rings is 1. The molecule has 4 nitrogen and oxygen atoms in total. The van der Waals surface area contributed by atoms with Crippen LogP contribution in [0.15, 0.2) is 24.5 Å². The van der Waals surface area contributed by atoms with Crippen molar-refractivity contribution in [1.29, 1.82) is 0 Å². The lowest BCUT2D eigenvalue weighted by molar-refractivity contribution is 0.0659. The van der Waals surface area contributed by atoms with Crippen LogP contribution in [-0.4, -0.2) is 22.6 Å². The first-order valence-corrected chi connectivity index (χ1v) is 6.60. The van der Waals surface area contributed by atoms with E-state index in [4.69, 9.17) is 10.5 Å². The molecule has 1 aliphatic rings. The molecule has 0 saturated carbocycles. The molecule has 2 aromatic rings. The third-order valence-corrected chi connectivity index (χ3v) is 3.77. The fourth-order valence-electron chi connectivity index (χ4n) is 2.67. The van der Waals surface area contributed by atoms with E-state index in [1.54, 1.807) is 0 Å². The Labute approximate surface area is 107 Å². The molecule has 3 heterocycles. The van der Waals surface area contributed by atoms with Crippen LogP contribution in [0.1, 0.15) is 24.2 Å². The summed E-state index contributed by atoms with van der Waals surface area (Å²) in [5.41, 5.74) is 8.05. The number of aromatic nitrogens is 2. The van der Waals surface area contributed by atoms with Crippen molar-refractivity contribution in [3.63, 3.8) is 0 Å². The fraction of sp³-hybridized carbons (Fsp3) is 0.500. The van der Waals surface area contributed by atoms with Gasteiger partial charge in [0, 0.05) is 32.4 Å². The standard InChI is InChI=1S/C14H19N3O/c15-9-12-2-1-5-17-13(12)10-16-14(17)8-11-3-6-18-7-4-11/h1-2,5,10-11H,3-4,6-9,15H2. The summed E-state index contributed by atoms with van der Waals surface area (Å²) < 4.78 is 7.58. The van der Waals surface area contributed by atoms with Crippen LogP contribution in [0.25, 0.3) is 5.52 Å². The summed E-state index contributed by atoms with van der Waals surface area (Å²) in [5.74, 6) is 1.85. The number of ether oxygens (including phenoxy) is 1. The SMILES string of the molecule is NCc1cccn2c(CC3CCOCC3)ncc12. The molecule has 0 atom stereocenters. The van der Waals surface area contributed by atoms with Gasteiger partial charge in [-0.1, -0.05) is 6.07 Å². The monoisotopic (exact) mass is 245 g/mol. The number of nitrogens with zero attached hydrogens (tertiary/aromatic N) is 2. The molecule has 1 aliphatic heterocycles. The average molecular weight is 245 g/mol. The maximum Gasteiger partial charge on any atom is 0.113 e. The van der Waals surface area contributed by atoms with Crippen molar-refractivity contribution in [2.24, 2.45) is 11.7 Å². The molecule has 4 heteroatoms. The second-order valence-corrected chi connectivity index (χ2v) is 4.93. The predicted molar refractivity (Wildman–Crippen MR) is 70.3 cm³/mol. The molecule has 2 N–H and O–H groups in total. The highest BCUT2D eigenvalue weighted by molar-refractivity contribution is 5.54. The molecule has 96 valence electrons. The first-order chi connectivity index (χ1) is 8.88. The molecule has 0 aromatic carbocycles. The van der Waals surface area contributed by atoms with E-state index < -0.39 is 0 Å². The van der Waals surface area contributed by atoms with Gasteiger partial charge in [-0.3, -0.25) is 0 Å². The first kappa shape index (κ1) is 11.7. The van der Waals surface area contributed by atoms with E-state index in [1.807, 2.05) is 12.3 Å². The Hall–Kier alpha value is -1.39. The number of fused-ring (bicyclic) bond motifs is 1. The summed E-state index contributed by atoms with van der Waals surface area (Å²) in [4.78, 5) is 4.56. The Kier molecular flexibility index (Phi) is 3.30. The molecular formula is C14H19N3O. The fourth-order valence-corrected chi connectivity index (χ4v) is 2.67. The van der Waals surface area contributed by atoms with Crippen LogP contribution in [0, 0.1) is 5.92 Å². The van der Waals surface area contributed by atoms with Crippen molar-refractivity contribution in [1.82, 2.24) is 9.38 Å². The molecule has 3 rings (SSSR count). The van der Waals surface area contributed by atoms with Gasteiger partial charge in [-0.25, -0.2) is 4.98 Å². The summed E-state index contributed by atoms with van der Waals surface area (Å²) in [6.07, 6.45) is 7.34. The van der Waals surface area contributed by atoms with Crippen LogP contribution < -0.4 is 5.73 Å². The second-order valence-electron chi connectivity index (χ2n) is 4.93. The lowest BCUT2D eigenvalue weighted by atomic mass is 9.96. The largest absolute Gasteiger partial charge is 0.381 e. The van der Waals surface area contributed by atoms with Gasteiger partial charge in [0.15, 0.2) is 0 Å². The minimum atomic E-state index is 0.562. The molecule has 0 amide bonds. The summed E-state index contributed by atoms with van der Waals surface area (Å²) in [5, 5.41) is 0. The van der Waals surface area contributed by atoms with Crippen LogP contribution >= 0.6 is 0 Å². The smallest absolute Gasteiger partial charge is 0.113 e. The Morgan fingerprint density at radius 2 is 2.22 bits per heavy atom. The topological polar surface area (TPSA) is 52.5 Å². The molecule has 0 aliphatic carbocycles. The van der Waals surface area contributed by atoms with Crippen LogP contribution in [0.3, 0.4) is 0 Å². The molecule has 0 radical (unpaired) electrons. The Morgan fingerprint density at radius 1 is 1.39 bits per heavy atom. The summed E-state index contributed by atoms with van der Waals surface area (Å²) in [7, 11) is 0. The highest BCUT2D eigenvalue weighted by Gasteiger charge is 2.17. The number of imidazole rings is 1. The molecule has 0 bridgehead atoms. The van der Waals surface area contributed by atoms with Gasteiger partial charge >= 0.3 is 0 Å². The number of hydrogen-bond acceptors (Lipinski definition) is 3. The normalized spacial score (nSPS) is 17.4. The predicted octanol–water partition coefficient (Wildman–Crippen LogP) is 1.76. The highest BCUT2D eigenvalue weighted by atomic mass is 16.5. The Morgan fingerprint density at radius 3 is 3.00 bits per heavy atom. The van der Waals surface area contributed by atoms with Gasteiger partial charge in [-0.2, -0.15) is 0 Å². The summed E-state index contributed by atoms with van der Waals surface area (Å²) in [6, 6.07) is 4.11. The first-order valence-electron chi connectivity index (χ1n) is 6.60. The van der Waals surface area contributed by atoms with Crippen molar-refractivity contribution in [2.75, 3.05) is 13.2 Å². The number of rotatable bonds is 3. The molecule has 0 unspecified atom stereocenters. The van der Waals surface area contributed by atoms with Gasteiger partial charge < -0.3 is 14.9 Å². The Balaban J connectivity index is 1.88. The zero-order valence-corrected chi connectivity index (χ0v) is 10.5. The highest BCUT2D eigenvalue weighted by Crippen LogP contribution is 2.21. The lowest BCUT2D eigenvalue weighted by Crippen LogP contribution is -2.18. The van der Waals surface area contributed by atoms with Gasteiger partial charge in [0.2, 0.25) is 0 Å². The van der Waals surface area contributed by atoms with Gasteiger partial charge in [0.05, 0.1) is 11.7 Å². The Bertz CT molecular complexity index is 529. The van der Waals surface area contributed by atoms with Gasteiger partial charge in [0.25, 0.3) is 0 Å². The average Bonchev–Trinajstić information content (AvgIpc) is 2.83. The van der Waals surface area contributed by atoms with E-state index in [-0.39, 0.29) is 0 Å². The molecular weight excluding hydrogens is 226 g/mol. The zero-order valence-electron chi connectivity index (χ0n) is 10.5. The number of nitrogens with two attached hydrogens (primary N) is 1. The maximum absolute atomic E-state index is 5.75. The van der Waals surface area contributed by atoms with E-state index in [0.717, 1.165) is 49.4 Å². The van der Waals surface area contributed by atoms with E-state index >= 15 is 0 Å². The zero-order chi connectivity index (χ0) is 12.4. The molecule has 0 spiro atoms. The van der Waals surface area contributed by atoms with Gasteiger partial charge in [-0.15, -0.1) is 0 Å². The van der Waals surface area contributed by atoms with Crippen molar-refractivity contribution >= 4 is 5.52 Å². The summed E-state index contributed by atoms with van der Waals surface area (Å²) in [6.45, 7) is 2.34. The van der Waals surface area contributed by atoms with Crippen molar-refractivity contribution in [2.45, 2.75) is 25.8 Å². The summed E-state index contributed by atoms with van der Waals surface area (Å²) >= 11 is 0. The van der Waals surface area contributed by atoms with E-state index in [0.29, 0.717) is 12.5 Å². The van der Waals surface area contributed by atoms with Crippen molar-refractivity contribution < 1.29 is 4.74 Å². The van der Waals surface area contributed by atoms with Crippen LogP contribution in [0.2, 0.25) is 0 Å². The molecule has 2 aromatic heterocycles. The minimum Gasteiger partial charge on any atom is -0.381 e. The van der Waals surface area contributed by atoms with E-state index in [1.165, 1.54) is 0 Å². The van der Waals surface area contributed by atoms with E-state index in [9.17, 15) is 0 Å². The van der Waals surface area contributed by atoms with Gasteiger partial charge in [0.1, 0.15) is 5.82 Å². The molecule has 1 saturated heterocycles. The molecule has 18 heavy (non-hydrogen) atoms. The maximum atomic E-state index is 5.75. The minimum absolute atomic E-state index is 0.562. The third-order valence-electron chi connectivity index (χ3n) is 3.77. The lowest BCUT2D eigenvalue weighted by Gasteiger charge is -2.21. The van der Waals surface area contributed by atoms with Crippen LogP contribution in [0.4, 0.5) is 0 Å². The number of hydrogen-bond donors (Lipinski definition) is 1. The van der Waals surface area contributed by atoms with Crippen LogP contribution in [-0.2, 0) is 17.7 Å². The van der Waals surface area contributed by atoms with Crippen LogP contribution in [0.5, 0.6) is 0 Å². The second kappa shape index (κ2) is 5.08. The quantitative estimate of drug-likeness (QED) is 0.896.